The monoisotopic (exact) mass is 1460 g/mol. The molecule has 12 aromatic carbocycles. The molecule has 0 N–H and O–H groups in total. The zero-order valence-electron chi connectivity index (χ0n) is 69.0. The zero-order chi connectivity index (χ0) is 77.5. The summed E-state index contributed by atoms with van der Waals surface area (Å²) in [6, 6.07) is 109. The van der Waals surface area contributed by atoms with Crippen molar-refractivity contribution in [3.8, 4) is 11.1 Å². The van der Waals surface area contributed by atoms with Crippen molar-refractivity contribution < 1.29 is 0 Å². The molecule has 0 saturated heterocycles. The Hall–Kier alpha value is -10.2. The van der Waals surface area contributed by atoms with Crippen molar-refractivity contribution in [2.24, 2.45) is 0 Å². The van der Waals surface area contributed by atoms with Gasteiger partial charge in [-0.15, -0.1) is 0 Å². The molecule has 0 fully saturated rings. The van der Waals surface area contributed by atoms with Crippen LogP contribution in [0.3, 0.4) is 0 Å². The zero-order valence-corrected chi connectivity index (χ0v) is 69.0. The van der Waals surface area contributed by atoms with E-state index in [1.54, 1.807) is 0 Å². The van der Waals surface area contributed by atoms with Crippen molar-refractivity contribution >= 4 is 68.2 Å². The molecule has 1 aliphatic carbocycles. The predicted octanol–water partition coefficient (Wildman–Crippen LogP) is 31.4. The SMILES string of the molecule is CCCCc1ccc(N(c2ccc(CCCC)cc2)c2ccc(N(c3ccc(CCCC)cc3)c3ccc(C4(c5ccc(N(c6ccc(CCCC)cc6)c6ccc(N(c7ccc(CCCC)cc7)c7ccc(CCCC)cc7)cc6)cc5)c5cc(C(C)(C)CC)ccc5-c5ccc(C(C)(C)CC)cc54)cc3)cc2)cc1. The molecule has 0 unspecified atom stereocenters. The summed E-state index contributed by atoms with van der Waals surface area (Å²) in [5.41, 5.74) is 31.4. The lowest BCUT2D eigenvalue weighted by Crippen LogP contribution is -2.30. The van der Waals surface area contributed by atoms with Gasteiger partial charge in [0.1, 0.15) is 0 Å². The molecule has 1 aliphatic rings. The van der Waals surface area contributed by atoms with Crippen molar-refractivity contribution in [2.45, 2.75) is 228 Å². The lowest BCUT2D eigenvalue weighted by molar-refractivity contribution is 0.504. The molecule has 4 nitrogen and oxygen atoms in total. The van der Waals surface area contributed by atoms with Crippen molar-refractivity contribution in [2.75, 3.05) is 19.6 Å². The van der Waals surface area contributed by atoms with Gasteiger partial charge in [0.2, 0.25) is 0 Å². The number of benzene rings is 12. The maximum absolute atomic E-state index is 2.60. The fourth-order valence-corrected chi connectivity index (χ4v) is 16.5. The summed E-state index contributed by atoms with van der Waals surface area (Å²) >= 11 is 0. The minimum Gasteiger partial charge on any atom is -0.311 e. The molecule has 0 spiro atoms. The summed E-state index contributed by atoms with van der Waals surface area (Å²) < 4.78 is 0. The van der Waals surface area contributed by atoms with Crippen LogP contribution in [0, 0.1) is 0 Å². The first kappa shape index (κ1) is 78.9. The second kappa shape index (κ2) is 36.3. The van der Waals surface area contributed by atoms with Crippen molar-refractivity contribution in [3.63, 3.8) is 0 Å². The number of unbranched alkanes of at least 4 members (excludes halogenated alkanes) is 6. The average Bonchev–Trinajstić information content (AvgIpc) is 1.54. The number of anilines is 12. The number of hydrogen-bond donors (Lipinski definition) is 0. The summed E-state index contributed by atoms with van der Waals surface area (Å²) in [5.74, 6) is 0. The number of hydrogen-bond acceptors (Lipinski definition) is 4. The summed E-state index contributed by atoms with van der Waals surface area (Å²) in [5, 5.41) is 0. The molecule has 0 aromatic heterocycles. The van der Waals surface area contributed by atoms with E-state index in [4.69, 9.17) is 0 Å². The lowest BCUT2D eigenvalue weighted by atomic mass is 9.66. The molecular formula is C107H122N4. The molecule has 0 amide bonds. The Kier molecular flexibility index (Phi) is 25.8. The van der Waals surface area contributed by atoms with Gasteiger partial charge in [-0.3, -0.25) is 0 Å². The Bertz CT molecular complexity index is 4490. The summed E-state index contributed by atoms with van der Waals surface area (Å²) in [4.78, 5) is 9.81. The van der Waals surface area contributed by atoms with Crippen LogP contribution in [0.25, 0.3) is 11.1 Å². The Balaban J connectivity index is 0.957. The number of nitrogens with zero attached hydrogens (tertiary/aromatic N) is 4. The van der Waals surface area contributed by atoms with E-state index in [2.05, 4.69) is 382 Å². The normalized spacial score (nSPS) is 12.4. The van der Waals surface area contributed by atoms with E-state index in [1.165, 1.54) is 142 Å². The first-order chi connectivity index (χ1) is 54.1. The van der Waals surface area contributed by atoms with Crippen LogP contribution in [0.5, 0.6) is 0 Å². The highest BCUT2D eigenvalue weighted by molar-refractivity contribution is 5.89. The highest BCUT2D eigenvalue weighted by Crippen LogP contribution is 2.59. The van der Waals surface area contributed by atoms with Gasteiger partial charge >= 0.3 is 0 Å². The van der Waals surface area contributed by atoms with Gasteiger partial charge in [0, 0.05) is 68.2 Å². The molecular weight excluding hydrogens is 1340 g/mol. The second-order valence-electron chi connectivity index (χ2n) is 32.8. The minimum atomic E-state index is -0.708. The van der Waals surface area contributed by atoms with E-state index >= 15 is 0 Å². The van der Waals surface area contributed by atoms with Gasteiger partial charge in [-0.05, 0) is 324 Å². The van der Waals surface area contributed by atoms with Crippen LogP contribution in [0.2, 0.25) is 0 Å². The minimum absolute atomic E-state index is 0.0630. The number of fused-ring (bicyclic) bond motifs is 3. The third-order valence-electron chi connectivity index (χ3n) is 24.4. The van der Waals surface area contributed by atoms with Crippen LogP contribution < -0.4 is 19.6 Å². The van der Waals surface area contributed by atoms with Crippen LogP contribution in [-0.4, -0.2) is 0 Å². The summed E-state index contributed by atoms with van der Waals surface area (Å²) in [7, 11) is 0. The standard InChI is InChI=1S/C107H122N4/c1-13-21-27-79-33-51-89(52-34-79)108(90-53-35-80(36-54-90)28-22-14-2)97-67-71-99(72-68-97)110(93-59-41-83(42-60-93)31-25-17-5)95-63-45-85(46-64-95)107(103-77-87(105(9,10)19-7)49-75-101(103)102-76-50-88(78-104(102)107)106(11,12)20-8)86-47-65-96(66-48-86)111(94-61-43-84(44-62-94)32-26-18-6)100-73-69-98(70-74-100)109(91-55-37-81(38-56-91)29-23-15-3)92-57-39-82(40-58-92)30-24-16-4/h33-78H,13-32H2,1-12H3. The quantitative estimate of drug-likeness (QED) is 0.0388. The van der Waals surface area contributed by atoms with Crippen molar-refractivity contribution in [1.29, 1.82) is 0 Å². The van der Waals surface area contributed by atoms with Crippen LogP contribution in [0.1, 0.15) is 240 Å². The van der Waals surface area contributed by atoms with Gasteiger partial charge in [-0.25, -0.2) is 0 Å². The Labute approximate surface area is 668 Å². The summed E-state index contributed by atoms with van der Waals surface area (Å²) in [6.45, 7) is 28.0. The van der Waals surface area contributed by atoms with E-state index in [-0.39, 0.29) is 10.8 Å². The fraction of sp³-hybridized carbons (Fsp3) is 0.327. The number of aryl methyl sites for hydroxylation is 6. The van der Waals surface area contributed by atoms with E-state index in [0.29, 0.717) is 0 Å². The van der Waals surface area contributed by atoms with Crippen LogP contribution in [0.4, 0.5) is 68.2 Å². The molecule has 111 heavy (non-hydrogen) atoms. The third kappa shape index (κ3) is 17.5. The maximum Gasteiger partial charge on any atom is 0.0713 e. The largest absolute Gasteiger partial charge is 0.311 e. The van der Waals surface area contributed by atoms with Gasteiger partial charge < -0.3 is 19.6 Å². The third-order valence-corrected chi connectivity index (χ3v) is 24.4. The number of rotatable bonds is 36. The lowest BCUT2D eigenvalue weighted by Gasteiger charge is -2.37. The topological polar surface area (TPSA) is 13.0 Å². The first-order valence-electron chi connectivity index (χ1n) is 42.6. The molecule has 0 bridgehead atoms. The van der Waals surface area contributed by atoms with Gasteiger partial charge in [-0.2, -0.15) is 0 Å². The highest BCUT2D eigenvalue weighted by atomic mass is 15.2. The van der Waals surface area contributed by atoms with Gasteiger partial charge in [-0.1, -0.05) is 255 Å². The molecule has 0 heterocycles. The second-order valence-corrected chi connectivity index (χ2v) is 32.8. The van der Waals surface area contributed by atoms with Crippen molar-refractivity contribution in [1.82, 2.24) is 0 Å². The van der Waals surface area contributed by atoms with Gasteiger partial charge in [0.05, 0.1) is 5.41 Å². The predicted molar refractivity (Wildman–Crippen MR) is 481 cm³/mol. The maximum atomic E-state index is 2.60. The molecule has 0 atom stereocenters. The molecule has 12 aromatic rings. The molecule has 4 heteroatoms. The van der Waals surface area contributed by atoms with E-state index in [0.717, 1.165) is 132 Å². The van der Waals surface area contributed by atoms with Crippen LogP contribution in [0.15, 0.2) is 279 Å². The van der Waals surface area contributed by atoms with E-state index in [9.17, 15) is 0 Å². The highest BCUT2D eigenvalue weighted by Gasteiger charge is 2.48. The van der Waals surface area contributed by atoms with Gasteiger partial charge in [0.15, 0.2) is 0 Å². The summed E-state index contributed by atoms with van der Waals surface area (Å²) in [6.07, 6.45) is 22.7. The van der Waals surface area contributed by atoms with Crippen LogP contribution in [-0.2, 0) is 54.8 Å². The molecule has 0 saturated carbocycles. The Morgan fingerprint density at radius 2 is 0.387 bits per heavy atom. The van der Waals surface area contributed by atoms with E-state index in [1.807, 2.05) is 0 Å². The molecule has 0 aliphatic heterocycles. The van der Waals surface area contributed by atoms with Crippen molar-refractivity contribution in [3.05, 3.63) is 346 Å². The van der Waals surface area contributed by atoms with E-state index < -0.39 is 5.41 Å². The molecule has 13 rings (SSSR count). The molecule has 0 radical (unpaired) electrons. The molecule has 570 valence electrons. The Morgan fingerprint density at radius 1 is 0.216 bits per heavy atom. The smallest absolute Gasteiger partial charge is 0.0713 e. The first-order valence-corrected chi connectivity index (χ1v) is 42.6. The van der Waals surface area contributed by atoms with Gasteiger partial charge in [0.25, 0.3) is 0 Å². The van der Waals surface area contributed by atoms with Crippen LogP contribution >= 0.6 is 0 Å². The fourth-order valence-electron chi connectivity index (χ4n) is 16.5. The average molecular weight is 1460 g/mol. The Morgan fingerprint density at radius 3 is 0.559 bits per heavy atom.